The third-order valence-corrected chi connectivity index (χ3v) is 7.36. The second-order valence-corrected chi connectivity index (χ2v) is 10.9. The largest absolute Gasteiger partial charge is 0.376 e. The van der Waals surface area contributed by atoms with Crippen molar-refractivity contribution >= 4 is 11.9 Å². The number of carbonyl (C=O) groups excluding carboxylic acids is 1. The van der Waals surface area contributed by atoms with Crippen molar-refractivity contribution in [3.63, 3.8) is 0 Å². The SMILES string of the molecule is CC1(CNC(=O)c2ccccc2)COC(c2nc(-c3ccc(F)cc3)c(-c3ccnc(NCC4CCCO4)n3)[nH]2)OC1. The number of amides is 1. The highest BCUT2D eigenvalue weighted by atomic mass is 19.1. The summed E-state index contributed by atoms with van der Waals surface area (Å²) in [6.45, 7) is 4.48. The van der Waals surface area contributed by atoms with E-state index in [0.717, 1.165) is 19.4 Å². The first kappa shape index (κ1) is 28.0. The van der Waals surface area contributed by atoms with E-state index < -0.39 is 11.7 Å². The molecule has 10 nitrogen and oxygen atoms in total. The van der Waals surface area contributed by atoms with Gasteiger partial charge in [0.2, 0.25) is 12.2 Å². The van der Waals surface area contributed by atoms with E-state index in [1.165, 1.54) is 12.1 Å². The molecule has 6 rings (SSSR count). The van der Waals surface area contributed by atoms with Crippen LogP contribution < -0.4 is 10.6 Å². The minimum absolute atomic E-state index is 0.142. The summed E-state index contributed by atoms with van der Waals surface area (Å²) in [4.78, 5) is 29.7. The Balaban J connectivity index is 1.18. The van der Waals surface area contributed by atoms with Gasteiger partial charge in [0, 0.05) is 42.4 Å². The number of H-pyrrole nitrogens is 1. The maximum atomic E-state index is 13.7. The number of rotatable bonds is 9. The second kappa shape index (κ2) is 12.4. The van der Waals surface area contributed by atoms with Crippen LogP contribution in [0.4, 0.5) is 10.3 Å². The summed E-state index contributed by atoms with van der Waals surface area (Å²) in [5, 5.41) is 6.24. The normalized spacial score (nSPS) is 22.1. The van der Waals surface area contributed by atoms with Crippen LogP contribution in [0.1, 0.15) is 42.2 Å². The Kier molecular flexibility index (Phi) is 8.22. The molecule has 0 aliphatic carbocycles. The quantitative estimate of drug-likeness (QED) is 0.263. The van der Waals surface area contributed by atoms with Gasteiger partial charge in [-0.05, 0) is 55.3 Å². The first-order valence-electron chi connectivity index (χ1n) is 14.1. The van der Waals surface area contributed by atoms with Gasteiger partial charge in [-0.3, -0.25) is 4.79 Å². The zero-order valence-electron chi connectivity index (χ0n) is 23.3. The molecular formula is C31H33FN6O4. The maximum Gasteiger partial charge on any atom is 0.251 e. The van der Waals surface area contributed by atoms with Gasteiger partial charge in [-0.25, -0.2) is 19.3 Å². The Labute approximate surface area is 243 Å². The fourth-order valence-electron chi connectivity index (χ4n) is 4.99. The minimum Gasteiger partial charge on any atom is -0.376 e. The van der Waals surface area contributed by atoms with E-state index >= 15 is 0 Å². The van der Waals surface area contributed by atoms with Crippen molar-refractivity contribution in [1.82, 2.24) is 25.3 Å². The summed E-state index contributed by atoms with van der Waals surface area (Å²) in [5.41, 5.74) is 2.72. The highest BCUT2D eigenvalue weighted by Gasteiger charge is 2.35. The van der Waals surface area contributed by atoms with E-state index in [1.807, 2.05) is 25.1 Å². The van der Waals surface area contributed by atoms with E-state index in [0.29, 0.717) is 66.3 Å². The number of aromatic nitrogens is 4. The van der Waals surface area contributed by atoms with E-state index in [2.05, 4.69) is 20.6 Å². The van der Waals surface area contributed by atoms with Gasteiger partial charge in [-0.1, -0.05) is 25.1 Å². The van der Waals surface area contributed by atoms with Gasteiger partial charge in [-0.15, -0.1) is 0 Å². The molecule has 2 aromatic heterocycles. The first-order valence-corrected chi connectivity index (χ1v) is 14.1. The van der Waals surface area contributed by atoms with Crippen LogP contribution >= 0.6 is 0 Å². The van der Waals surface area contributed by atoms with Crippen LogP contribution in [-0.4, -0.2) is 64.9 Å². The van der Waals surface area contributed by atoms with Crippen molar-refractivity contribution in [3.05, 3.63) is 84.1 Å². The number of imidazole rings is 1. The smallest absolute Gasteiger partial charge is 0.251 e. The highest BCUT2D eigenvalue weighted by Crippen LogP contribution is 2.35. The van der Waals surface area contributed by atoms with E-state index in [1.54, 1.807) is 36.5 Å². The Morgan fingerprint density at radius 2 is 1.83 bits per heavy atom. The fourth-order valence-corrected chi connectivity index (χ4v) is 4.99. The predicted molar refractivity (Wildman–Crippen MR) is 154 cm³/mol. The van der Waals surface area contributed by atoms with Crippen LogP contribution in [0.5, 0.6) is 0 Å². The zero-order valence-corrected chi connectivity index (χ0v) is 23.3. The lowest BCUT2D eigenvalue weighted by Gasteiger charge is -2.36. The molecule has 2 fully saturated rings. The van der Waals surface area contributed by atoms with Crippen LogP contribution in [0.3, 0.4) is 0 Å². The molecule has 1 amide bonds. The van der Waals surface area contributed by atoms with Crippen LogP contribution in [0.2, 0.25) is 0 Å². The molecule has 2 aromatic carbocycles. The number of aromatic amines is 1. The number of ether oxygens (including phenoxy) is 3. The van der Waals surface area contributed by atoms with Gasteiger partial charge in [0.15, 0.2) is 5.82 Å². The topological polar surface area (TPSA) is 123 Å². The van der Waals surface area contributed by atoms with Crippen molar-refractivity contribution < 1.29 is 23.4 Å². The molecule has 2 aliphatic rings. The molecule has 3 N–H and O–H groups in total. The molecule has 0 saturated carbocycles. The summed E-state index contributed by atoms with van der Waals surface area (Å²) < 4.78 is 31.7. The number of halogens is 1. The standard InChI is InChI=1S/C31H33FN6O4/c1-31(17-35-28(39)21-6-3-2-4-7-21)18-41-29(42-19-31)27-37-25(20-9-11-22(32)12-10-20)26(38-27)24-13-14-33-30(36-24)34-16-23-8-5-15-40-23/h2-4,6-7,9-14,23,29H,5,8,15-19H2,1H3,(H,35,39)(H,37,38)(H,33,34,36). The summed E-state index contributed by atoms with van der Waals surface area (Å²) in [7, 11) is 0. The van der Waals surface area contributed by atoms with Gasteiger partial charge < -0.3 is 29.8 Å². The Morgan fingerprint density at radius 1 is 1.05 bits per heavy atom. The van der Waals surface area contributed by atoms with Crippen molar-refractivity contribution in [2.24, 2.45) is 5.41 Å². The molecule has 2 aliphatic heterocycles. The Hall–Kier alpha value is -4.19. The lowest BCUT2D eigenvalue weighted by Crippen LogP contribution is -2.45. The molecule has 218 valence electrons. The molecule has 42 heavy (non-hydrogen) atoms. The summed E-state index contributed by atoms with van der Waals surface area (Å²) in [6.07, 6.45) is 3.12. The predicted octanol–water partition coefficient (Wildman–Crippen LogP) is 4.75. The lowest BCUT2D eigenvalue weighted by molar-refractivity contribution is -0.231. The third-order valence-electron chi connectivity index (χ3n) is 7.36. The highest BCUT2D eigenvalue weighted by molar-refractivity contribution is 5.94. The molecule has 1 atom stereocenters. The molecule has 1 unspecified atom stereocenters. The number of benzene rings is 2. The monoisotopic (exact) mass is 572 g/mol. The lowest BCUT2D eigenvalue weighted by atomic mass is 9.92. The van der Waals surface area contributed by atoms with E-state index in [9.17, 15) is 9.18 Å². The Bertz CT molecular complexity index is 1500. The third kappa shape index (κ3) is 6.48. The number of hydrogen-bond acceptors (Lipinski definition) is 8. The Morgan fingerprint density at radius 3 is 2.57 bits per heavy atom. The number of carbonyl (C=O) groups is 1. The second-order valence-electron chi connectivity index (χ2n) is 10.9. The number of nitrogens with one attached hydrogen (secondary N) is 3. The van der Waals surface area contributed by atoms with Gasteiger partial charge in [0.25, 0.3) is 5.91 Å². The van der Waals surface area contributed by atoms with Crippen LogP contribution in [0.25, 0.3) is 22.6 Å². The average molecular weight is 573 g/mol. The fraction of sp³-hybridized carbons (Fsp3) is 0.355. The zero-order chi connectivity index (χ0) is 28.9. The van der Waals surface area contributed by atoms with Crippen molar-refractivity contribution in [3.8, 4) is 22.6 Å². The molecule has 0 radical (unpaired) electrons. The van der Waals surface area contributed by atoms with Crippen LogP contribution in [0.15, 0.2) is 66.9 Å². The minimum atomic E-state index is -0.755. The summed E-state index contributed by atoms with van der Waals surface area (Å²) in [6, 6.07) is 17.0. The molecule has 0 bridgehead atoms. The summed E-state index contributed by atoms with van der Waals surface area (Å²) >= 11 is 0. The molecular weight excluding hydrogens is 539 g/mol. The molecule has 4 aromatic rings. The van der Waals surface area contributed by atoms with Crippen molar-refractivity contribution in [2.75, 3.05) is 38.2 Å². The molecule has 0 spiro atoms. The van der Waals surface area contributed by atoms with Crippen molar-refractivity contribution in [2.45, 2.75) is 32.2 Å². The van der Waals surface area contributed by atoms with Gasteiger partial charge in [0.05, 0.1) is 36.4 Å². The van der Waals surface area contributed by atoms with E-state index in [4.69, 9.17) is 24.2 Å². The average Bonchev–Trinajstić information content (AvgIpc) is 3.71. The molecule has 4 heterocycles. The number of anilines is 1. The van der Waals surface area contributed by atoms with Gasteiger partial charge in [0.1, 0.15) is 5.82 Å². The van der Waals surface area contributed by atoms with Crippen LogP contribution in [-0.2, 0) is 14.2 Å². The van der Waals surface area contributed by atoms with Gasteiger partial charge >= 0.3 is 0 Å². The van der Waals surface area contributed by atoms with E-state index in [-0.39, 0.29) is 17.8 Å². The van der Waals surface area contributed by atoms with Crippen LogP contribution in [0, 0.1) is 11.2 Å². The maximum absolute atomic E-state index is 13.7. The number of nitrogens with zero attached hydrogens (tertiary/aromatic N) is 3. The van der Waals surface area contributed by atoms with Crippen molar-refractivity contribution in [1.29, 1.82) is 0 Å². The summed E-state index contributed by atoms with van der Waals surface area (Å²) in [5.74, 6) is 0.458. The van der Waals surface area contributed by atoms with Gasteiger partial charge in [-0.2, -0.15) is 0 Å². The molecule has 2 saturated heterocycles. The number of hydrogen-bond donors (Lipinski definition) is 3. The molecule has 11 heteroatoms. The first-order chi connectivity index (χ1) is 20.5.